The molecule has 88 valence electrons. The molecule has 0 atom stereocenters. The summed E-state index contributed by atoms with van der Waals surface area (Å²) in [6, 6.07) is 6.01. The van der Waals surface area contributed by atoms with Crippen LogP contribution in [-0.2, 0) is 0 Å². The number of aryl methyl sites for hydroxylation is 1. The fraction of sp³-hybridized carbons (Fsp3) is 0.333. The smallest absolute Gasteiger partial charge is 0.167 e. The van der Waals surface area contributed by atoms with Gasteiger partial charge in [0.1, 0.15) is 5.82 Å². The number of hydrogen-bond donors (Lipinski definition) is 1. The largest absolute Gasteiger partial charge is 0.398 e. The van der Waals surface area contributed by atoms with Gasteiger partial charge in [-0.15, -0.1) is 10.2 Å². The molecule has 1 aliphatic rings. The van der Waals surface area contributed by atoms with Gasteiger partial charge in [-0.25, -0.2) is 0 Å². The minimum atomic E-state index is 0.510. The molecule has 0 aliphatic heterocycles. The van der Waals surface area contributed by atoms with Crippen molar-refractivity contribution < 1.29 is 0 Å². The van der Waals surface area contributed by atoms with E-state index in [2.05, 4.69) is 14.8 Å². The lowest BCUT2D eigenvalue weighted by molar-refractivity contribution is 0.717. The summed E-state index contributed by atoms with van der Waals surface area (Å²) >= 11 is 6.21. The zero-order chi connectivity index (χ0) is 12.0. The molecule has 2 aromatic rings. The van der Waals surface area contributed by atoms with E-state index in [1.165, 1.54) is 12.8 Å². The Morgan fingerprint density at radius 3 is 2.76 bits per heavy atom. The van der Waals surface area contributed by atoms with E-state index in [-0.39, 0.29) is 0 Å². The second-order valence-corrected chi connectivity index (χ2v) is 4.78. The van der Waals surface area contributed by atoms with E-state index in [4.69, 9.17) is 17.3 Å². The molecule has 2 N–H and O–H groups in total. The Kier molecular flexibility index (Phi) is 2.33. The lowest BCUT2D eigenvalue weighted by Crippen LogP contribution is -2.02. The Hall–Kier alpha value is -1.55. The molecule has 4 nitrogen and oxygen atoms in total. The van der Waals surface area contributed by atoms with Gasteiger partial charge in [0.05, 0.1) is 10.6 Å². The molecule has 0 spiro atoms. The molecule has 17 heavy (non-hydrogen) atoms. The average Bonchev–Trinajstić information content (AvgIpc) is 3.04. The Morgan fingerprint density at radius 2 is 2.12 bits per heavy atom. The molecule has 0 bridgehead atoms. The molecule has 1 heterocycles. The predicted octanol–water partition coefficient (Wildman–Crippen LogP) is 2.82. The van der Waals surface area contributed by atoms with Crippen LogP contribution in [0.1, 0.15) is 24.7 Å². The number of halogens is 1. The molecule has 1 aromatic carbocycles. The molecular weight excluding hydrogens is 236 g/mol. The summed E-state index contributed by atoms with van der Waals surface area (Å²) in [6.45, 7) is 1.96. The second kappa shape index (κ2) is 3.74. The van der Waals surface area contributed by atoms with E-state index >= 15 is 0 Å². The van der Waals surface area contributed by atoms with Crippen LogP contribution in [0.2, 0.25) is 5.02 Å². The summed E-state index contributed by atoms with van der Waals surface area (Å²) in [4.78, 5) is 0. The van der Waals surface area contributed by atoms with Crippen molar-refractivity contribution in [1.29, 1.82) is 0 Å². The summed E-state index contributed by atoms with van der Waals surface area (Å²) in [7, 11) is 0. The molecule has 5 heteroatoms. The van der Waals surface area contributed by atoms with Gasteiger partial charge in [0.25, 0.3) is 0 Å². The summed E-state index contributed by atoms with van der Waals surface area (Å²) in [5, 5.41) is 8.98. The van der Waals surface area contributed by atoms with Gasteiger partial charge in [0.15, 0.2) is 5.82 Å². The highest BCUT2D eigenvalue weighted by Crippen LogP contribution is 2.41. The minimum absolute atomic E-state index is 0.510. The van der Waals surface area contributed by atoms with Crippen molar-refractivity contribution in [3.63, 3.8) is 0 Å². The van der Waals surface area contributed by atoms with E-state index in [1.807, 2.05) is 25.1 Å². The van der Waals surface area contributed by atoms with Crippen LogP contribution in [0.25, 0.3) is 11.4 Å². The Balaban J connectivity index is 2.21. The molecule has 1 fully saturated rings. The quantitative estimate of drug-likeness (QED) is 0.832. The minimum Gasteiger partial charge on any atom is -0.398 e. The SMILES string of the molecule is Cc1nnc(-c2c(N)cccc2Cl)n1C1CC1. The molecule has 0 saturated heterocycles. The molecule has 0 amide bonds. The van der Waals surface area contributed by atoms with Gasteiger partial charge in [-0.2, -0.15) is 0 Å². The number of rotatable bonds is 2. The molecule has 1 aliphatic carbocycles. The van der Waals surface area contributed by atoms with Crippen LogP contribution in [0, 0.1) is 6.92 Å². The number of aromatic nitrogens is 3. The van der Waals surface area contributed by atoms with E-state index in [1.54, 1.807) is 0 Å². The van der Waals surface area contributed by atoms with Gasteiger partial charge in [-0.05, 0) is 31.9 Å². The standard InChI is InChI=1S/C12H13ClN4/c1-7-15-16-12(17(7)8-5-6-8)11-9(13)3-2-4-10(11)14/h2-4,8H,5-6,14H2,1H3. The number of benzene rings is 1. The van der Waals surface area contributed by atoms with Crippen molar-refractivity contribution in [1.82, 2.24) is 14.8 Å². The summed E-state index contributed by atoms with van der Waals surface area (Å²) < 4.78 is 2.14. The van der Waals surface area contributed by atoms with Gasteiger partial charge < -0.3 is 10.3 Å². The van der Waals surface area contributed by atoms with Crippen LogP contribution in [0.5, 0.6) is 0 Å². The third-order valence-corrected chi connectivity index (χ3v) is 3.36. The van der Waals surface area contributed by atoms with Crippen LogP contribution < -0.4 is 5.73 Å². The molecule has 0 unspecified atom stereocenters. The summed E-state index contributed by atoms with van der Waals surface area (Å²) in [5.74, 6) is 1.70. The monoisotopic (exact) mass is 248 g/mol. The van der Waals surface area contributed by atoms with Crippen molar-refractivity contribution in [3.8, 4) is 11.4 Å². The van der Waals surface area contributed by atoms with Crippen molar-refractivity contribution in [2.45, 2.75) is 25.8 Å². The maximum atomic E-state index is 6.21. The van der Waals surface area contributed by atoms with Crippen LogP contribution in [0.4, 0.5) is 5.69 Å². The van der Waals surface area contributed by atoms with E-state index in [0.717, 1.165) is 17.2 Å². The van der Waals surface area contributed by atoms with Gasteiger partial charge >= 0.3 is 0 Å². The molecular formula is C12H13ClN4. The zero-order valence-electron chi connectivity index (χ0n) is 9.52. The normalized spacial score (nSPS) is 15.2. The van der Waals surface area contributed by atoms with Crippen molar-refractivity contribution in [3.05, 3.63) is 29.0 Å². The third-order valence-electron chi connectivity index (χ3n) is 3.05. The number of nitrogens with two attached hydrogens (primary N) is 1. The van der Waals surface area contributed by atoms with Gasteiger partial charge in [0, 0.05) is 11.7 Å². The lowest BCUT2D eigenvalue weighted by Gasteiger charge is -2.10. The van der Waals surface area contributed by atoms with Crippen molar-refractivity contribution in [2.75, 3.05) is 5.73 Å². The van der Waals surface area contributed by atoms with Gasteiger partial charge in [-0.3, -0.25) is 0 Å². The lowest BCUT2D eigenvalue weighted by atomic mass is 10.1. The van der Waals surface area contributed by atoms with E-state index in [9.17, 15) is 0 Å². The number of nitrogen functional groups attached to an aromatic ring is 1. The number of anilines is 1. The highest BCUT2D eigenvalue weighted by molar-refractivity contribution is 6.33. The topological polar surface area (TPSA) is 56.7 Å². The van der Waals surface area contributed by atoms with Gasteiger partial charge in [-0.1, -0.05) is 17.7 Å². The molecule has 1 saturated carbocycles. The summed E-state index contributed by atoms with van der Waals surface area (Å²) in [6.07, 6.45) is 2.35. The van der Waals surface area contributed by atoms with Crippen LogP contribution in [0.15, 0.2) is 18.2 Å². The first kappa shape index (κ1) is 10.6. The van der Waals surface area contributed by atoms with Crippen LogP contribution in [0.3, 0.4) is 0 Å². The fourth-order valence-electron chi connectivity index (χ4n) is 2.09. The summed E-state index contributed by atoms with van der Waals surface area (Å²) in [5.41, 5.74) is 7.42. The Labute approximate surface area is 104 Å². The fourth-order valence-corrected chi connectivity index (χ4v) is 2.35. The Morgan fingerprint density at radius 1 is 1.35 bits per heavy atom. The molecule has 1 aromatic heterocycles. The number of nitrogens with zero attached hydrogens (tertiary/aromatic N) is 3. The molecule has 0 radical (unpaired) electrons. The van der Waals surface area contributed by atoms with Crippen molar-refractivity contribution >= 4 is 17.3 Å². The van der Waals surface area contributed by atoms with Crippen LogP contribution >= 0.6 is 11.6 Å². The first-order valence-electron chi connectivity index (χ1n) is 5.64. The van der Waals surface area contributed by atoms with E-state index < -0.39 is 0 Å². The van der Waals surface area contributed by atoms with Gasteiger partial charge in [0.2, 0.25) is 0 Å². The first-order valence-corrected chi connectivity index (χ1v) is 6.02. The zero-order valence-corrected chi connectivity index (χ0v) is 10.3. The number of hydrogen-bond acceptors (Lipinski definition) is 3. The van der Waals surface area contributed by atoms with Crippen LogP contribution in [-0.4, -0.2) is 14.8 Å². The predicted molar refractivity (Wildman–Crippen MR) is 67.9 cm³/mol. The Bertz CT molecular complexity index is 552. The second-order valence-electron chi connectivity index (χ2n) is 4.38. The average molecular weight is 249 g/mol. The van der Waals surface area contributed by atoms with E-state index in [0.29, 0.717) is 16.8 Å². The third kappa shape index (κ3) is 1.69. The first-order chi connectivity index (χ1) is 8.18. The maximum Gasteiger partial charge on any atom is 0.167 e. The molecule has 3 rings (SSSR count). The maximum absolute atomic E-state index is 6.21. The highest BCUT2D eigenvalue weighted by atomic mass is 35.5. The highest BCUT2D eigenvalue weighted by Gasteiger charge is 2.29. The van der Waals surface area contributed by atoms with Crippen molar-refractivity contribution in [2.24, 2.45) is 0 Å².